The normalized spacial score (nSPS) is 22.7. The summed E-state index contributed by atoms with van der Waals surface area (Å²) < 4.78 is 0. The lowest BCUT2D eigenvalue weighted by Crippen LogP contribution is -2.53. The number of nitrogens with one attached hydrogen (secondary N) is 2. The molecule has 3 rings (SSSR count). The summed E-state index contributed by atoms with van der Waals surface area (Å²) in [6, 6.07) is 10.3. The summed E-state index contributed by atoms with van der Waals surface area (Å²) in [5.41, 5.74) is 0.915. The van der Waals surface area contributed by atoms with Crippen LogP contribution in [-0.2, 0) is 14.4 Å². The smallest absolute Gasteiger partial charge is 0.247 e. The van der Waals surface area contributed by atoms with E-state index < -0.39 is 12.1 Å². The molecule has 2 heterocycles. The van der Waals surface area contributed by atoms with Gasteiger partial charge in [-0.15, -0.1) is 0 Å². The van der Waals surface area contributed by atoms with Gasteiger partial charge in [-0.1, -0.05) is 30.3 Å². The zero-order valence-electron chi connectivity index (χ0n) is 16.3. The highest BCUT2D eigenvalue weighted by Crippen LogP contribution is 2.20. The van der Waals surface area contributed by atoms with Crippen molar-refractivity contribution in [1.29, 1.82) is 5.26 Å². The van der Waals surface area contributed by atoms with Crippen molar-refractivity contribution in [3.8, 4) is 6.07 Å². The predicted molar refractivity (Wildman–Crippen MR) is 108 cm³/mol. The van der Waals surface area contributed by atoms with Crippen molar-refractivity contribution in [1.82, 2.24) is 15.5 Å². The van der Waals surface area contributed by atoms with E-state index >= 15 is 0 Å². The fourth-order valence-electron chi connectivity index (χ4n) is 3.86. The number of amides is 3. The number of hydrogen-bond acceptors (Lipinski definition) is 4. The highest BCUT2D eigenvalue weighted by molar-refractivity contribution is 5.95. The van der Waals surface area contributed by atoms with Crippen LogP contribution in [-0.4, -0.2) is 47.8 Å². The molecule has 0 aromatic heterocycles. The molecule has 3 amide bonds. The van der Waals surface area contributed by atoms with E-state index in [0.29, 0.717) is 32.4 Å². The van der Waals surface area contributed by atoms with E-state index in [-0.39, 0.29) is 23.6 Å². The van der Waals surface area contributed by atoms with Crippen LogP contribution in [0.5, 0.6) is 0 Å². The molecule has 0 radical (unpaired) electrons. The van der Waals surface area contributed by atoms with Gasteiger partial charge in [-0.05, 0) is 43.7 Å². The van der Waals surface area contributed by atoms with Gasteiger partial charge in [-0.3, -0.25) is 14.4 Å². The standard InChI is InChI=1S/C22H26N4O3/c23-15-18(14-17-11-12-24-21(17)28)25-22(29)19-8-4-5-13-26(19)20(27)10-9-16-6-2-1-3-7-16/h1-3,6-7,9-10,17-19H,4-5,8,11-14H2,(H,24,28)(H,25,29)/b10-9+/t17-,18-,19-/m0/s1. The number of nitrogens with zero attached hydrogens (tertiary/aromatic N) is 2. The summed E-state index contributed by atoms with van der Waals surface area (Å²) in [6.07, 6.45) is 6.46. The first-order chi connectivity index (χ1) is 14.1. The van der Waals surface area contributed by atoms with E-state index in [4.69, 9.17) is 0 Å². The molecule has 2 aliphatic heterocycles. The lowest BCUT2D eigenvalue weighted by atomic mass is 9.97. The number of carbonyl (C=O) groups is 3. The van der Waals surface area contributed by atoms with Gasteiger partial charge in [0.15, 0.2) is 0 Å². The third-order valence-electron chi connectivity index (χ3n) is 5.46. The molecule has 0 unspecified atom stereocenters. The molecule has 7 nitrogen and oxygen atoms in total. The van der Waals surface area contributed by atoms with E-state index in [1.807, 2.05) is 30.3 Å². The van der Waals surface area contributed by atoms with Gasteiger partial charge in [0.1, 0.15) is 12.1 Å². The van der Waals surface area contributed by atoms with Gasteiger partial charge in [-0.25, -0.2) is 0 Å². The minimum Gasteiger partial charge on any atom is -0.356 e. The van der Waals surface area contributed by atoms with E-state index in [2.05, 4.69) is 16.7 Å². The molecule has 0 spiro atoms. The van der Waals surface area contributed by atoms with Crippen LogP contribution in [0, 0.1) is 17.2 Å². The molecule has 0 saturated carbocycles. The van der Waals surface area contributed by atoms with Gasteiger partial charge in [0, 0.05) is 25.1 Å². The second kappa shape index (κ2) is 9.87. The van der Waals surface area contributed by atoms with Crippen LogP contribution < -0.4 is 10.6 Å². The molecule has 2 fully saturated rings. The molecule has 0 aliphatic carbocycles. The summed E-state index contributed by atoms with van der Waals surface area (Å²) >= 11 is 0. The Kier molecular flexibility index (Phi) is 7.01. The zero-order valence-corrected chi connectivity index (χ0v) is 16.3. The van der Waals surface area contributed by atoms with Crippen molar-refractivity contribution in [2.45, 2.75) is 44.2 Å². The van der Waals surface area contributed by atoms with Crippen LogP contribution in [0.3, 0.4) is 0 Å². The third-order valence-corrected chi connectivity index (χ3v) is 5.46. The monoisotopic (exact) mass is 394 g/mol. The largest absolute Gasteiger partial charge is 0.356 e. The van der Waals surface area contributed by atoms with Crippen molar-refractivity contribution < 1.29 is 14.4 Å². The van der Waals surface area contributed by atoms with Crippen molar-refractivity contribution in [2.75, 3.05) is 13.1 Å². The fourth-order valence-corrected chi connectivity index (χ4v) is 3.86. The Morgan fingerprint density at radius 2 is 2.07 bits per heavy atom. The first-order valence-corrected chi connectivity index (χ1v) is 10.1. The summed E-state index contributed by atoms with van der Waals surface area (Å²) in [4.78, 5) is 38.9. The molecule has 3 atom stereocenters. The van der Waals surface area contributed by atoms with Crippen LogP contribution in [0.15, 0.2) is 36.4 Å². The van der Waals surface area contributed by atoms with Crippen molar-refractivity contribution in [3.05, 3.63) is 42.0 Å². The molecular weight excluding hydrogens is 368 g/mol. The number of rotatable bonds is 6. The number of likely N-dealkylation sites (tertiary alicyclic amines) is 1. The van der Waals surface area contributed by atoms with Gasteiger partial charge in [0.05, 0.1) is 6.07 Å². The Balaban J connectivity index is 1.62. The summed E-state index contributed by atoms with van der Waals surface area (Å²) in [5.74, 6) is -0.855. The van der Waals surface area contributed by atoms with Crippen LogP contribution >= 0.6 is 0 Å². The Morgan fingerprint density at radius 1 is 1.28 bits per heavy atom. The van der Waals surface area contributed by atoms with Crippen molar-refractivity contribution >= 4 is 23.8 Å². The van der Waals surface area contributed by atoms with Crippen molar-refractivity contribution in [2.24, 2.45) is 5.92 Å². The van der Waals surface area contributed by atoms with E-state index in [1.54, 1.807) is 11.0 Å². The topological polar surface area (TPSA) is 102 Å². The maximum absolute atomic E-state index is 12.8. The number of benzene rings is 1. The first-order valence-electron chi connectivity index (χ1n) is 10.1. The first kappa shape index (κ1) is 20.6. The van der Waals surface area contributed by atoms with Crippen LogP contribution in [0.1, 0.15) is 37.7 Å². The minimum absolute atomic E-state index is 0.0694. The quantitative estimate of drug-likeness (QED) is 0.716. The van der Waals surface area contributed by atoms with E-state index in [1.165, 1.54) is 6.08 Å². The summed E-state index contributed by atoms with van der Waals surface area (Å²) in [6.45, 7) is 1.12. The molecule has 2 saturated heterocycles. The average Bonchev–Trinajstić information content (AvgIpc) is 3.16. The predicted octanol–water partition coefficient (Wildman–Crippen LogP) is 1.62. The maximum Gasteiger partial charge on any atom is 0.247 e. The Morgan fingerprint density at radius 3 is 2.76 bits per heavy atom. The van der Waals surface area contributed by atoms with Crippen molar-refractivity contribution in [3.63, 3.8) is 0 Å². The average molecular weight is 394 g/mol. The lowest BCUT2D eigenvalue weighted by Gasteiger charge is -2.34. The van der Waals surface area contributed by atoms with Gasteiger partial charge < -0.3 is 15.5 Å². The minimum atomic E-state index is -0.741. The zero-order chi connectivity index (χ0) is 20.6. The molecule has 1 aromatic rings. The Labute approximate surface area is 170 Å². The van der Waals surface area contributed by atoms with Crippen LogP contribution in [0.4, 0.5) is 0 Å². The number of nitriles is 1. The van der Waals surface area contributed by atoms with Gasteiger partial charge in [-0.2, -0.15) is 5.26 Å². The molecule has 152 valence electrons. The fraction of sp³-hybridized carbons (Fsp3) is 0.455. The molecular formula is C22H26N4O3. The van der Waals surface area contributed by atoms with Crippen LogP contribution in [0.25, 0.3) is 6.08 Å². The second-order valence-electron chi connectivity index (χ2n) is 7.49. The number of carbonyl (C=O) groups excluding carboxylic acids is 3. The molecule has 2 aliphatic rings. The number of hydrogen-bond donors (Lipinski definition) is 2. The highest BCUT2D eigenvalue weighted by atomic mass is 16.2. The second-order valence-corrected chi connectivity index (χ2v) is 7.49. The van der Waals surface area contributed by atoms with Gasteiger partial charge in [0.2, 0.25) is 17.7 Å². The maximum atomic E-state index is 12.8. The molecule has 1 aromatic carbocycles. The lowest BCUT2D eigenvalue weighted by molar-refractivity contribution is -0.139. The SMILES string of the molecule is N#C[C@H](C[C@@H]1CCNC1=O)NC(=O)[C@@H]1CCCCN1C(=O)/C=C/c1ccccc1. The Hall–Kier alpha value is -3.14. The van der Waals surface area contributed by atoms with E-state index in [9.17, 15) is 19.6 Å². The summed E-state index contributed by atoms with van der Waals surface area (Å²) in [7, 11) is 0. The molecule has 7 heteroatoms. The molecule has 2 N–H and O–H groups in total. The highest BCUT2D eigenvalue weighted by Gasteiger charge is 2.34. The van der Waals surface area contributed by atoms with Crippen LogP contribution in [0.2, 0.25) is 0 Å². The number of piperidine rings is 1. The van der Waals surface area contributed by atoms with Gasteiger partial charge >= 0.3 is 0 Å². The molecule has 29 heavy (non-hydrogen) atoms. The Bertz CT molecular complexity index is 815. The van der Waals surface area contributed by atoms with E-state index in [0.717, 1.165) is 18.4 Å². The molecule has 0 bridgehead atoms. The third kappa shape index (κ3) is 5.44. The summed E-state index contributed by atoms with van der Waals surface area (Å²) in [5, 5.41) is 14.9. The van der Waals surface area contributed by atoms with Gasteiger partial charge in [0.25, 0.3) is 0 Å².